The number of unbranched alkanes of at least 4 members (excludes halogenated alkanes) is 52. The van der Waals surface area contributed by atoms with Crippen molar-refractivity contribution in [3.63, 3.8) is 0 Å². The third-order valence-corrected chi connectivity index (χ3v) is 14.7. The molecule has 0 aliphatic heterocycles. The van der Waals surface area contributed by atoms with Crippen molar-refractivity contribution in [1.29, 1.82) is 0 Å². The summed E-state index contributed by atoms with van der Waals surface area (Å²) in [5.74, 6) is 4.86. The fourth-order valence-electron chi connectivity index (χ4n) is 9.51. The largest absolute Gasteiger partial charge is 0.0840 e. The Morgan fingerprint density at radius 1 is 0.180 bits per heavy atom. The van der Waals surface area contributed by atoms with E-state index in [1.807, 2.05) is 0 Å². The van der Waals surface area contributed by atoms with E-state index in [2.05, 4.69) is 37.6 Å². The molecule has 0 heterocycles. The molecule has 0 radical (unpaired) electrons. The van der Waals surface area contributed by atoms with Crippen LogP contribution in [0.2, 0.25) is 0 Å². The fourth-order valence-corrected chi connectivity index (χ4v) is 10.2. The van der Waals surface area contributed by atoms with Crippen LogP contribution in [0.5, 0.6) is 0 Å². The third-order valence-electron chi connectivity index (χ3n) is 13.9. The van der Waals surface area contributed by atoms with Gasteiger partial charge in [-0.3, -0.25) is 0 Å². The average Bonchev–Trinajstić information content (AvgIpc) is 3.27. The summed E-state index contributed by atoms with van der Waals surface area (Å²) in [4.78, 5) is 0. The molecule has 0 unspecified atom stereocenters. The standard InChI is InChI=1S/C60H119P/c1-3-5-7-9-11-13-15-17-19-21-23-25-27-29-31-33-35-37-39-41-43-45-47-49-51-53-55-57-59-61-60-58-56-54-52-50-48-46-44-42-40-38-36-34-32-30-28-26-24-22-20-18-16-14-12-10-8-6-4-2/h57-61H,3-56H2,1-2H3/b59-57+,60-58+. The van der Waals surface area contributed by atoms with E-state index in [0.29, 0.717) is 0 Å². The van der Waals surface area contributed by atoms with E-state index in [9.17, 15) is 0 Å². The fraction of sp³-hybridized carbons (Fsp3) is 0.933. The second-order valence-corrected chi connectivity index (χ2v) is 21.2. The first-order chi connectivity index (χ1) is 30.4. The molecule has 364 valence electrons. The highest BCUT2D eigenvalue weighted by Gasteiger charge is 1.99. The minimum Gasteiger partial charge on any atom is -0.0840 e. The van der Waals surface area contributed by atoms with Gasteiger partial charge in [0.25, 0.3) is 0 Å². The molecule has 0 aromatic rings. The van der Waals surface area contributed by atoms with Gasteiger partial charge in [0.15, 0.2) is 0 Å². The van der Waals surface area contributed by atoms with Crippen LogP contribution in [0.25, 0.3) is 0 Å². The molecule has 1 heteroatoms. The lowest BCUT2D eigenvalue weighted by Gasteiger charge is -2.04. The van der Waals surface area contributed by atoms with Crippen LogP contribution in [0.15, 0.2) is 23.8 Å². The van der Waals surface area contributed by atoms with E-state index in [1.54, 1.807) is 0 Å². The molecular weight excluding hydrogens is 752 g/mol. The van der Waals surface area contributed by atoms with Gasteiger partial charge in [0, 0.05) is 0 Å². The summed E-state index contributed by atoms with van der Waals surface area (Å²) in [5.41, 5.74) is 0. The maximum absolute atomic E-state index is 2.45. The van der Waals surface area contributed by atoms with Gasteiger partial charge in [0.1, 0.15) is 0 Å². The van der Waals surface area contributed by atoms with Gasteiger partial charge in [-0.25, -0.2) is 0 Å². The van der Waals surface area contributed by atoms with Crippen molar-refractivity contribution in [2.75, 3.05) is 0 Å². The summed E-state index contributed by atoms with van der Waals surface area (Å²) in [6, 6.07) is 0. The molecule has 0 rings (SSSR count). The Labute approximate surface area is 391 Å². The zero-order valence-electron chi connectivity index (χ0n) is 43.0. The second-order valence-electron chi connectivity index (χ2n) is 20.2. The van der Waals surface area contributed by atoms with Crippen molar-refractivity contribution in [3.05, 3.63) is 23.8 Å². The van der Waals surface area contributed by atoms with Gasteiger partial charge in [-0.1, -0.05) is 367 Å². The normalized spacial score (nSPS) is 12.0. The molecule has 0 aliphatic carbocycles. The lowest BCUT2D eigenvalue weighted by Crippen LogP contribution is -1.84. The van der Waals surface area contributed by atoms with E-state index in [1.165, 1.54) is 347 Å². The smallest absolute Gasteiger partial charge is 0.0347 e. The van der Waals surface area contributed by atoms with E-state index in [4.69, 9.17) is 0 Å². The maximum atomic E-state index is 2.45. The van der Waals surface area contributed by atoms with Gasteiger partial charge in [-0.15, -0.1) is 0 Å². The van der Waals surface area contributed by atoms with Crippen LogP contribution in [0.1, 0.15) is 361 Å². The van der Waals surface area contributed by atoms with E-state index in [0.717, 1.165) is 8.58 Å². The Hall–Kier alpha value is -0.0900. The van der Waals surface area contributed by atoms with E-state index < -0.39 is 0 Å². The highest BCUT2D eigenvalue weighted by Crippen LogP contribution is 2.20. The molecule has 0 N–H and O–H groups in total. The van der Waals surface area contributed by atoms with Crippen LogP contribution in [0, 0.1) is 0 Å². The molecule has 0 aromatic heterocycles. The summed E-state index contributed by atoms with van der Waals surface area (Å²) in [7, 11) is 0.890. The predicted octanol–water partition coefficient (Wildman–Crippen LogP) is 23.8. The highest BCUT2D eigenvalue weighted by molar-refractivity contribution is 7.45. The molecule has 0 spiro atoms. The van der Waals surface area contributed by atoms with Crippen LogP contribution in [0.3, 0.4) is 0 Å². The first kappa shape index (κ1) is 60.9. The third kappa shape index (κ3) is 59.9. The summed E-state index contributed by atoms with van der Waals surface area (Å²) in [5, 5.41) is 0. The van der Waals surface area contributed by atoms with Gasteiger partial charge in [0.2, 0.25) is 0 Å². The number of hydrogen-bond acceptors (Lipinski definition) is 0. The van der Waals surface area contributed by atoms with Crippen molar-refractivity contribution in [3.8, 4) is 0 Å². The summed E-state index contributed by atoms with van der Waals surface area (Å²) < 4.78 is 0. The Morgan fingerprint density at radius 3 is 0.459 bits per heavy atom. The summed E-state index contributed by atoms with van der Waals surface area (Å²) >= 11 is 0. The zero-order valence-corrected chi connectivity index (χ0v) is 44.0. The number of rotatable bonds is 56. The van der Waals surface area contributed by atoms with Crippen LogP contribution in [-0.4, -0.2) is 0 Å². The van der Waals surface area contributed by atoms with Gasteiger partial charge in [0.05, 0.1) is 0 Å². The summed E-state index contributed by atoms with van der Waals surface area (Å²) in [6.45, 7) is 4.62. The molecule has 0 saturated carbocycles. The second kappa shape index (κ2) is 59.9. The quantitative estimate of drug-likeness (QED) is 0.0422. The molecule has 0 atom stereocenters. The minimum absolute atomic E-state index is 0.890. The van der Waals surface area contributed by atoms with E-state index in [-0.39, 0.29) is 0 Å². The van der Waals surface area contributed by atoms with Gasteiger partial charge in [-0.2, -0.15) is 0 Å². The van der Waals surface area contributed by atoms with Crippen molar-refractivity contribution in [2.24, 2.45) is 0 Å². The predicted molar refractivity (Wildman–Crippen MR) is 287 cm³/mol. The average molecular weight is 872 g/mol. The van der Waals surface area contributed by atoms with Gasteiger partial charge in [-0.05, 0) is 25.7 Å². The van der Waals surface area contributed by atoms with Crippen molar-refractivity contribution >= 4 is 8.58 Å². The molecule has 0 bridgehead atoms. The van der Waals surface area contributed by atoms with Crippen molar-refractivity contribution in [2.45, 2.75) is 361 Å². The Balaban J connectivity index is 3.14. The zero-order chi connectivity index (χ0) is 43.7. The van der Waals surface area contributed by atoms with Crippen LogP contribution >= 0.6 is 8.58 Å². The van der Waals surface area contributed by atoms with Crippen LogP contribution in [0.4, 0.5) is 0 Å². The number of hydrogen-bond donors (Lipinski definition) is 0. The molecule has 0 amide bonds. The first-order valence-corrected chi connectivity index (χ1v) is 30.6. The van der Waals surface area contributed by atoms with Crippen molar-refractivity contribution < 1.29 is 0 Å². The topological polar surface area (TPSA) is 0 Å². The maximum Gasteiger partial charge on any atom is -0.0347 e. The molecule has 0 nitrogen and oxygen atoms in total. The highest BCUT2D eigenvalue weighted by atomic mass is 31.1. The molecule has 0 saturated heterocycles. The molecule has 0 aliphatic rings. The van der Waals surface area contributed by atoms with Crippen molar-refractivity contribution in [1.82, 2.24) is 0 Å². The summed E-state index contributed by atoms with van der Waals surface area (Å²) in [6.07, 6.45) is 84.0. The van der Waals surface area contributed by atoms with E-state index >= 15 is 0 Å². The Bertz CT molecular complexity index is 718. The monoisotopic (exact) mass is 871 g/mol. The SMILES string of the molecule is CCCCCCCCCCCCCCCCCCCCCCCCCCCC/C=C/P/C=C/CCCCCCCCCCCCCCCCCCCCCCCCCCCC. The van der Waals surface area contributed by atoms with Crippen LogP contribution in [-0.2, 0) is 0 Å². The van der Waals surface area contributed by atoms with Crippen LogP contribution < -0.4 is 0 Å². The Kier molecular flexibility index (Phi) is 59.8. The molecule has 61 heavy (non-hydrogen) atoms. The molecular formula is C60H119P. The first-order valence-electron chi connectivity index (χ1n) is 29.5. The number of allylic oxidation sites excluding steroid dienone is 2. The Morgan fingerprint density at radius 2 is 0.311 bits per heavy atom. The molecule has 0 aromatic carbocycles. The van der Waals surface area contributed by atoms with Gasteiger partial charge >= 0.3 is 0 Å². The van der Waals surface area contributed by atoms with Gasteiger partial charge < -0.3 is 0 Å². The lowest BCUT2D eigenvalue weighted by atomic mass is 10.0. The lowest BCUT2D eigenvalue weighted by molar-refractivity contribution is 0.515. The minimum atomic E-state index is 0.890. The molecule has 0 fully saturated rings.